The van der Waals surface area contributed by atoms with Crippen molar-refractivity contribution in [3.05, 3.63) is 18.2 Å². The van der Waals surface area contributed by atoms with Crippen LogP contribution in [0.4, 0.5) is 5.69 Å². The third-order valence-corrected chi connectivity index (χ3v) is 5.98. The van der Waals surface area contributed by atoms with Gasteiger partial charge in [-0.1, -0.05) is 6.42 Å². The Bertz CT molecular complexity index is 672. The Morgan fingerprint density at radius 2 is 2.04 bits per heavy atom. The van der Waals surface area contributed by atoms with Crippen molar-refractivity contribution in [3.63, 3.8) is 0 Å². The molecule has 0 bridgehead atoms. The summed E-state index contributed by atoms with van der Waals surface area (Å²) in [6, 6.07) is 6.37. The van der Waals surface area contributed by atoms with Gasteiger partial charge in [0.25, 0.3) is 0 Å². The highest BCUT2D eigenvalue weighted by Gasteiger charge is 2.59. The van der Waals surface area contributed by atoms with Crippen LogP contribution in [0.15, 0.2) is 23.2 Å². The lowest BCUT2D eigenvalue weighted by molar-refractivity contribution is -0.168. The van der Waals surface area contributed by atoms with Gasteiger partial charge in [-0.3, -0.25) is 4.99 Å². The first-order chi connectivity index (χ1) is 12.7. The van der Waals surface area contributed by atoms with Gasteiger partial charge in [-0.2, -0.15) is 0 Å². The fourth-order valence-electron chi connectivity index (χ4n) is 4.34. The number of anilines is 1. The highest BCUT2D eigenvalue weighted by atomic mass is 16.5. The maximum Gasteiger partial charge on any atom is 0.195 e. The van der Waals surface area contributed by atoms with E-state index in [4.69, 9.17) is 14.2 Å². The fourth-order valence-corrected chi connectivity index (χ4v) is 4.34. The smallest absolute Gasteiger partial charge is 0.195 e. The molecule has 0 saturated heterocycles. The minimum atomic E-state index is 0.304. The zero-order valence-corrected chi connectivity index (χ0v) is 15.7. The quantitative estimate of drug-likeness (QED) is 0.639. The number of guanidine groups is 1. The van der Waals surface area contributed by atoms with Crippen molar-refractivity contribution in [1.29, 1.82) is 0 Å². The summed E-state index contributed by atoms with van der Waals surface area (Å²) < 4.78 is 17.4. The fraction of sp³-hybridized carbons (Fsp3) is 0.650. The Kier molecular flexibility index (Phi) is 4.94. The van der Waals surface area contributed by atoms with Crippen molar-refractivity contribution in [3.8, 4) is 11.5 Å². The van der Waals surface area contributed by atoms with Crippen LogP contribution in [-0.4, -0.2) is 45.0 Å². The summed E-state index contributed by atoms with van der Waals surface area (Å²) in [4.78, 5) is 4.41. The molecule has 6 heteroatoms. The van der Waals surface area contributed by atoms with E-state index in [1.54, 1.807) is 0 Å². The minimum Gasteiger partial charge on any atom is -0.490 e. The predicted molar refractivity (Wildman–Crippen MR) is 102 cm³/mol. The monoisotopic (exact) mass is 359 g/mol. The second kappa shape index (κ2) is 7.35. The molecule has 0 amide bonds. The molecule has 3 aliphatic rings. The predicted octanol–water partition coefficient (Wildman–Crippen LogP) is 3.18. The van der Waals surface area contributed by atoms with Crippen LogP contribution >= 0.6 is 0 Å². The van der Waals surface area contributed by atoms with Crippen LogP contribution in [0, 0.1) is 5.41 Å². The average Bonchev–Trinajstić information content (AvgIpc) is 2.83. The second-order valence-corrected chi connectivity index (χ2v) is 7.37. The molecular weight excluding hydrogens is 330 g/mol. The summed E-state index contributed by atoms with van der Waals surface area (Å²) in [6.45, 7) is 4.27. The van der Waals surface area contributed by atoms with E-state index in [0.29, 0.717) is 30.8 Å². The van der Waals surface area contributed by atoms with E-state index in [1.807, 2.05) is 25.2 Å². The molecule has 2 fully saturated rings. The first-order valence-corrected chi connectivity index (χ1v) is 9.77. The van der Waals surface area contributed by atoms with E-state index in [-0.39, 0.29) is 0 Å². The molecule has 0 radical (unpaired) electrons. The van der Waals surface area contributed by atoms with Gasteiger partial charge >= 0.3 is 0 Å². The minimum absolute atomic E-state index is 0.304. The molecule has 1 spiro atoms. The summed E-state index contributed by atoms with van der Waals surface area (Å²) >= 11 is 0. The van der Waals surface area contributed by atoms with E-state index in [9.17, 15) is 0 Å². The third kappa shape index (κ3) is 3.11. The van der Waals surface area contributed by atoms with Crippen molar-refractivity contribution in [2.75, 3.05) is 32.2 Å². The summed E-state index contributed by atoms with van der Waals surface area (Å²) in [5, 5.41) is 7.01. The van der Waals surface area contributed by atoms with Crippen molar-refractivity contribution in [2.24, 2.45) is 10.4 Å². The zero-order chi connectivity index (χ0) is 18.0. The number of rotatable bonds is 4. The van der Waals surface area contributed by atoms with E-state index in [0.717, 1.165) is 42.6 Å². The number of benzene rings is 1. The molecule has 0 aromatic heterocycles. The van der Waals surface area contributed by atoms with Gasteiger partial charge in [0, 0.05) is 43.3 Å². The molecule has 2 aliphatic carbocycles. The lowest BCUT2D eigenvalue weighted by atomic mass is 9.51. The lowest BCUT2D eigenvalue weighted by Crippen LogP contribution is -2.68. The Hall–Kier alpha value is -1.95. The Balaban J connectivity index is 1.40. The number of ether oxygens (including phenoxy) is 3. The average molecular weight is 359 g/mol. The third-order valence-electron chi connectivity index (χ3n) is 5.98. The van der Waals surface area contributed by atoms with Crippen LogP contribution in [0.2, 0.25) is 0 Å². The van der Waals surface area contributed by atoms with E-state index >= 15 is 0 Å². The van der Waals surface area contributed by atoms with Crippen molar-refractivity contribution < 1.29 is 14.2 Å². The molecule has 2 saturated carbocycles. The van der Waals surface area contributed by atoms with Gasteiger partial charge < -0.3 is 24.8 Å². The molecule has 2 unspecified atom stereocenters. The van der Waals surface area contributed by atoms with Gasteiger partial charge in [0.2, 0.25) is 0 Å². The van der Waals surface area contributed by atoms with Gasteiger partial charge in [0.05, 0.1) is 19.3 Å². The van der Waals surface area contributed by atoms with Crippen LogP contribution in [0.1, 0.15) is 39.0 Å². The molecular formula is C20H29N3O3. The van der Waals surface area contributed by atoms with Crippen LogP contribution < -0.4 is 20.1 Å². The molecule has 1 heterocycles. The largest absolute Gasteiger partial charge is 0.490 e. The number of hydrogen-bond donors (Lipinski definition) is 2. The van der Waals surface area contributed by atoms with E-state index in [1.165, 1.54) is 19.3 Å². The molecule has 2 N–H and O–H groups in total. The highest BCUT2D eigenvalue weighted by Crippen LogP contribution is 2.57. The van der Waals surface area contributed by atoms with Crippen LogP contribution in [0.3, 0.4) is 0 Å². The van der Waals surface area contributed by atoms with Gasteiger partial charge in [0.15, 0.2) is 17.5 Å². The molecule has 2 atom stereocenters. The topological polar surface area (TPSA) is 64.1 Å². The van der Waals surface area contributed by atoms with Crippen LogP contribution in [0.5, 0.6) is 11.5 Å². The normalized spacial score (nSPS) is 26.5. The van der Waals surface area contributed by atoms with E-state index < -0.39 is 0 Å². The Morgan fingerprint density at radius 1 is 1.23 bits per heavy atom. The SMILES string of the molecule is CCOC1CC(NC(=NC)Nc2ccc3c(c2)OCCCO3)C12CCC2. The second-order valence-electron chi connectivity index (χ2n) is 7.37. The van der Waals surface area contributed by atoms with E-state index in [2.05, 4.69) is 22.5 Å². The molecule has 6 nitrogen and oxygen atoms in total. The summed E-state index contributed by atoms with van der Waals surface area (Å²) in [6.07, 6.45) is 6.15. The number of hydrogen-bond acceptors (Lipinski definition) is 4. The van der Waals surface area contributed by atoms with Gasteiger partial charge in [-0.15, -0.1) is 0 Å². The molecule has 1 aromatic rings. The van der Waals surface area contributed by atoms with Crippen LogP contribution in [0.25, 0.3) is 0 Å². The number of fused-ring (bicyclic) bond motifs is 1. The first kappa shape index (κ1) is 17.5. The maximum absolute atomic E-state index is 5.94. The molecule has 1 aliphatic heterocycles. The summed E-state index contributed by atoms with van der Waals surface area (Å²) in [5.74, 6) is 2.40. The maximum atomic E-state index is 5.94. The van der Waals surface area contributed by atoms with Crippen molar-refractivity contribution in [1.82, 2.24) is 5.32 Å². The zero-order valence-electron chi connectivity index (χ0n) is 15.7. The standard InChI is InChI=1S/C20H29N3O3/c1-3-24-18-13-17(20(18)8-4-9-20)23-19(21-2)22-14-6-7-15-16(12-14)26-11-5-10-25-15/h6-7,12,17-18H,3-5,8-11,13H2,1-2H3,(H2,21,22,23). The lowest BCUT2D eigenvalue weighted by Gasteiger charge is -2.61. The van der Waals surface area contributed by atoms with Crippen molar-refractivity contribution >= 4 is 11.6 Å². The summed E-state index contributed by atoms with van der Waals surface area (Å²) in [5.41, 5.74) is 1.25. The van der Waals surface area contributed by atoms with Gasteiger partial charge in [-0.25, -0.2) is 0 Å². The molecule has 4 rings (SSSR count). The Labute approximate surface area is 155 Å². The number of nitrogens with zero attached hydrogens (tertiary/aromatic N) is 1. The summed E-state index contributed by atoms with van der Waals surface area (Å²) in [7, 11) is 1.81. The van der Waals surface area contributed by atoms with Crippen molar-refractivity contribution in [2.45, 2.75) is 51.2 Å². The first-order valence-electron chi connectivity index (χ1n) is 9.77. The number of aliphatic imine (C=N–C) groups is 1. The highest BCUT2D eigenvalue weighted by molar-refractivity contribution is 5.94. The molecule has 1 aromatic carbocycles. The molecule has 142 valence electrons. The van der Waals surface area contributed by atoms with Gasteiger partial charge in [0.1, 0.15) is 0 Å². The Morgan fingerprint density at radius 3 is 2.73 bits per heavy atom. The number of nitrogens with one attached hydrogen (secondary N) is 2. The molecule has 26 heavy (non-hydrogen) atoms. The van der Waals surface area contributed by atoms with Gasteiger partial charge in [-0.05, 0) is 38.3 Å². The van der Waals surface area contributed by atoms with Crippen LogP contribution in [-0.2, 0) is 4.74 Å².